The van der Waals surface area contributed by atoms with Crippen molar-refractivity contribution in [3.05, 3.63) is 29.6 Å². The van der Waals surface area contributed by atoms with E-state index in [1.54, 1.807) is 19.1 Å². The number of hydrogen-bond acceptors (Lipinski definition) is 2. The van der Waals surface area contributed by atoms with E-state index in [-0.39, 0.29) is 6.10 Å². The fourth-order valence-corrected chi connectivity index (χ4v) is 2.12. The van der Waals surface area contributed by atoms with Crippen molar-refractivity contribution in [1.29, 1.82) is 0 Å². The zero-order valence-electron chi connectivity index (χ0n) is 9.45. The predicted molar refractivity (Wildman–Crippen MR) is 59.9 cm³/mol. The Morgan fingerprint density at radius 3 is 2.62 bits per heavy atom. The average molecular weight is 224 g/mol. The van der Waals surface area contributed by atoms with Gasteiger partial charge in [0.05, 0.1) is 12.2 Å². The van der Waals surface area contributed by atoms with Gasteiger partial charge >= 0.3 is 0 Å². The van der Waals surface area contributed by atoms with Crippen LogP contribution in [0.4, 0.5) is 4.39 Å². The molecule has 0 amide bonds. The third-order valence-electron chi connectivity index (χ3n) is 3.03. The fraction of sp³-hybridized carbons (Fsp3) is 0.538. The molecule has 1 saturated carbocycles. The van der Waals surface area contributed by atoms with Crippen molar-refractivity contribution in [2.45, 2.75) is 44.8 Å². The number of aliphatic hydroxyl groups is 1. The van der Waals surface area contributed by atoms with Crippen molar-refractivity contribution in [1.82, 2.24) is 0 Å². The number of halogens is 1. The maximum Gasteiger partial charge on any atom is 0.132 e. The lowest BCUT2D eigenvalue weighted by Crippen LogP contribution is -2.11. The monoisotopic (exact) mass is 224 g/mol. The van der Waals surface area contributed by atoms with Crippen LogP contribution in [0.2, 0.25) is 0 Å². The van der Waals surface area contributed by atoms with E-state index in [4.69, 9.17) is 4.74 Å². The summed E-state index contributed by atoms with van der Waals surface area (Å²) in [4.78, 5) is 0. The highest BCUT2D eigenvalue weighted by Crippen LogP contribution is 2.26. The number of benzene rings is 1. The molecule has 2 nitrogen and oxygen atoms in total. The molecule has 0 aromatic heterocycles. The molecule has 2 rings (SSSR count). The van der Waals surface area contributed by atoms with Gasteiger partial charge in [-0.25, -0.2) is 4.39 Å². The summed E-state index contributed by atoms with van der Waals surface area (Å²) in [6, 6.07) is 4.67. The predicted octanol–water partition coefficient (Wildman–Crippen LogP) is 3.20. The van der Waals surface area contributed by atoms with Gasteiger partial charge in [0.15, 0.2) is 0 Å². The molecule has 0 spiro atoms. The minimum atomic E-state index is -0.777. The van der Waals surface area contributed by atoms with Crippen molar-refractivity contribution in [3.8, 4) is 5.75 Å². The Morgan fingerprint density at radius 2 is 2.06 bits per heavy atom. The second-order valence-corrected chi connectivity index (χ2v) is 4.38. The number of rotatable bonds is 3. The summed E-state index contributed by atoms with van der Waals surface area (Å²) >= 11 is 0. The number of aliphatic hydroxyl groups excluding tert-OH is 1. The lowest BCUT2D eigenvalue weighted by Gasteiger charge is -2.14. The van der Waals surface area contributed by atoms with E-state index in [0.717, 1.165) is 12.8 Å². The van der Waals surface area contributed by atoms with Crippen LogP contribution in [0.1, 0.15) is 44.3 Å². The Hall–Kier alpha value is -1.09. The number of hydrogen-bond donors (Lipinski definition) is 1. The van der Waals surface area contributed by atoms with Crippen molar-refractivity contribution >= 4 is 0 Å². The van der Waals surface area contributed by atoms with Crippen LogP contribution in [-0.2, 0) is 0 Å². The molecule has 0 radical (unpaired) electrons. The highest BCUT2D eigenvalue weighted by molar-refractivity contribution is 5.30. The molecule has 16 heavy (non-hydrogen) atoms. The molecule has 1 atom stereocenters. The van der Waals surface area contributed by atoms with E-state index in [0.29, 0.717) is 11.3 Å². The largest absolute Gasteiger partial charge is 0.490 e. The molecule has 1 aliphatic carbocycles. The van der Waals surface area contributed by atoms with Gasteiger partial charge in [-0.15, -0.1) is 0 Å². The van der Waals surface area contributed by atoms with E-state index in [2.05, 4.69) is 0 Å². The van der Waals surface area contributed by atoms with Crippen LogP contribution >= 0.6 is 0 Å². The first kappa shape index (κ1) is 11.4. The third-order valence-corrected chi connectivity index (χ3v) is 3.03. The molecule has 0 aliphatic heterocycles. The van der Waals surface area contributed by atoms with Crippen molar-refractivity contribution < 1.29 is 14.2 Å². The SMILES string of the molecule is C[C@@H](O)c1ccc(OC2CCCC2)cc1F. The Bertz CT molecular complexity index is 357. The van der Waals surface area contributed by atoms with Crippen LogP contribution in [0.15, 0.2) is 18.2 Å². The van der Waals surface area contributed by atoms with Gasteiger partial charge in [-0.05, 0) is 44.7 Å². The van der Waals surface area contributed by atoms with Gasteiger partial charge in [-0.2, -0.15) is 0 Å². The molecule has 1 aromatic carbocycles. The van der Waals surface area contributed by atoms with E-state index in [1.807, 2.05) is 0 Å². The lowest BCUT2D eigenvalue weighted by molar-refractivity contribution is 0.192. The third kappa shape index (κ3) is 2.53. The summed E-state index contributed by atoms with van der Waals surface area (Å²) in [5.41, 5.74) is 0.318. The van der Waals surface area contributed by atoms with Crippen LogP contribution in [0, 0.1) is 5.82 Å². The Kier molecular flexibility index (Phi) is 3.44. The van der Waals surface area contributed by atoms with Gasteiger partial charge in [0.1, 0.15) is 11.6 Å². The van der Waals surface area contributed by atoms with E-state index in [1.165, 1.54) is 18.9 Å². The van der Waals surface area contributed by atoms with E-state index >= 15 is 0 Å². The van der Waals surface area contributed by atoms with Crippen LogP contribution in [0.3, 0.4) is 0 Å². The molecule has 1 fully saturated rings. The van der Waals surface area contributed by atoms with Gasteiger partial charge in [0.2, 0.25) is 0 Å². The Labute approximate surface area is 95.1 Å². The summed E-state index contributed by atoms with van der Waals surface area (Å²) in [5, 5.41) is 9.30. The average Bonchev–Trinajstić information content (AvgIpc) is 2.70. The summed E-state index contributed by atoms with van der Waals surface area (Å²) < 4.78 is 19.2. The maximum atomic E-state index is 13.5. The quantitative estimate of drug-likeness (QED) is 0.854. The topological polar surface area (TPSA) is 29.5 Å². The van der Waals surface area contributed by atoms with Gasteiger partial charge < -0.3 is 9.84 Å². The molecule has 0 heterocycles. The van der Waals surface area contributed by atoms with Gasteiger partial charge in [0, 0.05) is 11.6 Å². The summed E-state index contributed by atoms with van der Waals surface area (Å²) in [5.74, 6) is 0.166. The summed E-state index contributed by atoms with van der Waals surface area (Å²) in [7, 11) is 0. The van der Waals surface area contributed by atoms with E-state index in [9.17, 15) is 9.50 Å². The maximum absolute atomic E-state index is 13.5. The first-order valence-electron chi connectivity index (χ1n) is 5.81. The minimum absolute atomic E-state index is 0.233. The highest BCUT2D eigenvalue weighted by Gasteiger charge is 2.17. The standard InChI is InChI=1S/C13H17FO2/c1-9(15)12-7-6-11(8-13(12)14)16-10-4-2-3-5-10/h6-10,15H,2-5H2,1H3/t9-/m1/s1. The molecule has 1 aromatic rings. The Morgan fingerprint density at radius 1 is 1.38 bits per heavy atom. The van der Waals surface area contributed by atoms with Gasteiger partial charge in [0.25, 0.3) is 0 Å². The first-order chi connectivity index (χ1) is 7.66. The fourth-order valence-electron chi connectivity index (χ4n) is 2.12. The minimum Gasteiger partial charge on any atom is -0.490 e. The second kappa shape index (κ2) is 4.83. The van der Waals surface area contributed by atoms with Crippen molar-refractivity contribution in [2.75, 3.05) is 0 Å². The molecule has 0 saturated heterocycles. The van der Waals surface area contributed by atoms with Crippen LogP contribution in [0.5, 0.6) is 5.75 Å². The van der Waals surface area contributed by atoms with Gasteiger partial charge in [-0.3, -0.25) is 0 Å². The van der Waals surface area contributed by atoms with Crippen LogP contribution in [-0.4, -0.2) is 11.2 Å². The highest BCUT2D eigenvalue weighted by atomic mass is 19.1. The van der Waals surface area contributed by atoms with Crippen molar-refractivity contribution in [3.63, 3.8) is 0 Å². The molecular formula is C13H17FO2. The van der Waals surface area contributed by atoms with Crippen LogP contribution in [0.25, 0.3) is 0 Å². The molecule has 1 aliphatic rings. The number of ether oxygens (including phenoxy) is 1. The molecule has 0 bridgehead atoms. The van der Waals surface area contributed by atoms with E-state index < -0.39 is 11.9 Å². The smallest absolute Gasteiger partial charge is 0.132 e. The first-order valence-corrected chi connectivity index (χ1v) is 5.81. The molecular weight excluding hydrogens is 207 g/mol. The second-order valence-electron chi connectivity index (χ2n) is 4.38. The van der Waals surface area contributed by atoms with Gasteiger partial charge in [-0.1, -0.05) is 0 Å². The molecule has 88 valence electrons. The zero-order chi connectivity index (χ0) is 11.5. The molecule has 3 heteroatoms. The van der Waals surface area contributed by atoms with Crippen molar-refractivity contribution in [2.24, 2.45) is 0 Å². The normalized spacial score (nSPS) is 18.7. The molecule has 0 unspecified atom stereocenters. The Balaban J connectivity index is 2.08. The van der Waals surface area contributed by atoms with Crippen LogP contribution < -0.4 is 4.74 Å². The zero-order valence-corrected chi connectivity index (χ0v) is 9.45. The summed E-state index contributed by atoms with van der Waals surface area (Å²) in [6.07, 6.45) is 3.95. The molecule has 1 N–H and O–H groups in total. The summed E-state index contributed by atoms with van der Waals surface area (Å²) in [6.45, 7) is 1.55. The lowest BCUT2D eigenvalue weighted by atomic mass is 10.1.